The quantitative estimate of drug-likeness (QED) is 0.0346. The number of nitrogens with zero attached hydrogens (tertiary/aromatic N) is 1. The second-order valence-electron chi connectivity index (χ2n) is 11.2. The molecule has 14 heteroatoms. The van der Waals surface area contributed by atoms with Crippen LogP contribution in [0.15, 0.2) is 115 Å². The highest BCUT2D eigenvalue weighted by molar-refractivity contribution is 6.76. The monoisotopic (exact) mass is 742 g/mol. The zero-order valence-electron chi connectivity index (χ0n) is 26.4. The molecule has 0 saturated carbocycles. The van der Waals surface area contributed by atoms with Crippen molar-refractivity contribution in [1.29, 1.82) is 5.41 Å². The third-order valence-electron chi connectivity index (χ3n) is 7.60. The van der Waals surface area contributed by atoms with Crippen molar-refractivity contribution in [2.45, 2.75) is 54.3 Å². The number of carbonyl (C=O) groups is 1. The van der Waals surface area contributed by atoms with E-state index >= 15 is 0 Å². The van der Waals surface area contributed by atoms with E-state index in [-0.39, 0.29) is 37.7 Å². The Bertz CT molecular complexity index is 1700. The molecule has 0 aromatic heterocycles. The summed E-state index contributed by atoms with van der Waals surface area (Å²) in [6, 6.07) is 33.1. The van der Waals surface area contributed by atoms with Crippen molar-refractivity contribution in [3.8, 4) is 0 Å². The maximum Gasteiger partial charge on any atom is 0.338 e. The lowest BCUT2D eigenvalue weighted by Gasteiger charge is -2.45. The van der Waals surface area contributed by atoms with Crippen LogP contribution < -0.4 is 0 Å². The number of nitro benzene ring substituents is 1. The van der Waals surface area contributed by atoms with Gasteiger partial charge in [-0.3, -0.25) is 15.5 Å². The lowest BCUT2D eigenvalue weighted by Crippen LogP contribution is -2.62. The summed E-state index contributed by atoms with van der Waals surface area (Å²) in [5.74, 6) is -1.67. The van der Waals surface area contributed by atoms with Crippen LogP contribution in [0, 0.1) is 15.5 Å². The lowest BCUT2D eigenvalue weighted by atomic mass is 9.97. The minimum Gasteiger partial charge on any atom is -0.449 e. The Balaban J connectivity index is 1.50. The predicted molar refractivity (Wildman–Crippen MR) is 186 cm³/mol. The predicted octanol–water partition coefficient (Wildman–Crippen LogP) is 7.60. The molecule has 5 rings (SSSR count). The van der Waals surface area contributed by atoms with Crippen molar-refractivity contribution >= 4 is 52.4 Å². The average molecular weight is 744 g/mol. The van der Waals surface area contributed by atoms with E-state index in [0.717, 1.165) is 16.7 Å². The summed E-state index contributed by atoms with van der Waals surface area (Å²) in [5, 5.41) is 19.5. The molecule has 5 atom stereocenters. The van der Waals surface area contributed by atoms with Gasteiger partial charge >= 0.3 is 5.97 Å². The molecule has 0 amide bonds. The first-order valence-corrected chi connectivity index (χ1v) is 16.6. The van der Waals surface area contributed by atoms with Crippen LogP contribution in [0.4, 0.5) is 5.69 Å². The molecule has 0 spiro atoms. The van der Waals surface area contributed by atoms with E-state index in [1.807, 2.05) is 91.0 Å². The molecular formula is C36H33Cl3N2O9. The van der Waals surface area contributed by atoms with Gasteiger partial charge in [0.2, 0.25) is 12.2 Å². The van der Waals surface area contributed by atoms with Crippen LogP contribution in [0.1, 0.15) is 27.0 Å². The highest BCUT2D eigenvalue weighted by Crippen LogP contribution is 2.35. The number of halogens is 3. The highest BCUT2D eigenvalue weighted by atomic mass is 35.6. The van der Waals surface area contributed by atoms with Gasteiger partial charge in [0.05, 0.1) is 36.9 Å². The third-order valence-corrected chi connectivity index (χ3v) is 8.12. The number of benzene rings is 4. The number of hydrogen-bond donors (Lipinski definition) is 1. The first-order chi connectivity index (χ1) is 24.1. The Labute approximate surface area is 303 Å². The number of rotatable bonds is 14. The number of ether oxygens (including phenoxy) is 6. The van der Waals surface area contributed by atoms with Gasteiger partial charge in [-0.25, -0.2) is 4.79 Å². The number of nitro groups is 1. The van der Waals surface area contributed by atoms with Gasteiger partial charge in [0, 0.05) is 12.1 Å². The molecule has 50 heavy (non-hydrogen) atoms. The van der Waals surface area contributed by atoms with Crippen LogP contribution in [-0.4, -0.2) is 57.9 Å². The molecule has 1 fully saturated rings. The summed E-state index contributed by atoms with van der Waals surface area (Å²) < 4.78 is 34.8. The smallest absolute Gasteiger partial charge is 0.338 e. The maximum atomic E-state index is 13.6. The Morgan fingerprint density at radius 3 is 1.72 bits per heavy atom. The van der Waals surface area contributed by atoms with Crippen LogP contribution in [0.5, 0.6) is 0 Å². The van der Waals surface area contributed by atoms with Crippen LogP contribution in [0.3, 0.4) is 0 Å². The summed E-state index contributed by atoms with van der Waals surface area (Å²) in [5.41, 5.74) is 2.38. The fraction of sp³-hybridized carbons (Fsp3) is 0.278. The molecule has 1 saturated heterocycles. The molecule has 262 valence electrons. The molecule has 1 N–H and O–H groups in total. The Hall–Kier alpha value is -4.07. The van der Waals surface area contributed by atoms with Gasteiger partial charge in [-0.15, -0.1) is 0 Å². The highest BCUT2D eigenvalue weighted by Gasteiger charge is 2.52. The summed E-state index contributed by atoms with van der Waals surface area (Å²) in [7, 11) is 0. The summed E-state index contributed by atoms with van der Waals surface area (Å²) >= 11 is 18.0. The molecule has 1 aliphatic rings. The topological polar surface area (TPSA) is 139 Å². The summed E-state index contributed by atoms with van der Waals surface area (Å²) in [6.07, 6.45) is -5.85. The SMILES string of the molecule is N=C(O[C@@H]1O[C@H](COCc2ccccc2)[C@H](OCc2ccccc2)[C@H](OCc2ccccc2)[C@H]1OC(=O)c1ccc([N+](=O)[O-])cc1)C(Cl)(Cl)Cl. The Morgan fingerprint density at radius 1 is 0.720 bits per heavy atom. The van der Waals surface area contributed by atoms with Crippen molar-refractivity contribution in [1.82, 2.24) is 0 Å². The van der Waals surface area contributed by atoms with Gasteiger partial charge in [0.15, 0.2) is 6.10 Å². The lowest BCUT2D eigenvalue weighted by molar-refractivity contribution is -0.384. The fourth-order valence-corrected chi connectivity index (χ4v) is 5.25. The van der Waals surface area contributed by atoms with Gasteiger partial charge in [0.1, 0.15) is 18.3 Å². The molecule has 0 aliphatic carbocycles. The fourth-order valence-electron chi connectivity index (χ4n) is 5.12. The standard InChI is InChI=1S/C36H33Cl3N2O9/c37-36(38,39)35(40)50-34-32(49-33(42)27-16-18-28(19-17-27)41(43)44)31(47-22-26-14-8-3-9-15-26)30(46-21-25-12-6-2-7-13-25)29(48-34)23-45-20-24-10-4-1-5-11-24/h1-19,29-32,34,40H,20-23H2/t29-,30+,31+,32-,34+/m1/s1. The number of nitrogens with one attached hydrogen (secondary N) is 1. The van der Waals surface area contributed by atoms with Crippen LogP contribution in [0.25, 0.3) is 0 Å². The molecule has 0 unspecified atom stereocenters. The van der Waals surface area contributed by atoms with Crippen molar-refractivity contribution < 1.29 is 38.1 Å². The molecular weight excluding hydrogens is 711 g/mol. The largest absolute Gasteiger partial charge is 0.449 e. The summed E-state index contributed by atoms with van der Waals surface area (Å²) in [6.45, 7) is 0.418. The second-order valence-corrected chi connectivity index (χ2v) is 13.5. The molecule has 4 aromatic carbocycles. The number of carbonyl (C=O) groups excluding carboxylic acids is 1. The number of esters is 1. The third kappa shape index (κ3) is 10.5. The van der Waals surface area contributed by atoms with Gasteiger partial charge in [-0.1, -0.05) is 126 Å². The van der Waals surface area contributed by atoms with E-state index in [1.165, 1.54) is 24.3 Å². The van der Waals surface area contributed by atoms with E-state index in [2.05, 4.69) is 0 Å². The normalized spacial score (nSPS) is 20.5. The zero-order chi connectivity index (χ0) is 35.5. The minimum absolute atomic E-state index is 0.00249. The maximum absolute atomic E-state index is 13.6. The Morgan fingerprint density at radius 2 is 1.22 bits per heavy atom. The molecule has 1 aliphatic heterocycles. The average Bonchev–Trinajstić information content (AvgIpc) is 3.12. The van der Waals surface area contributed by atoms with E-state index in [4.69, 9.17) is 68.6 Å². The summed E-state index contributed by atoms with van der Waals surface area (Å²) in [4.78, 5) is 24.2. The van der Waals surface area contributed by atoms with Crippen molar-refractivity contribution in [3.63, 3.8) is 0 Å². The van der Waals surface area contributed by atoms with Gasteiger partial charge < -0.3 is 28.4 Å². The molecule has 11 nitrogen and oxygen atoms in total. The first kappa shape index (κ1) is 37.2. The minimum atomic E-state index is -2.28. The first-order valence-electron chi connectivity index (χ1n) is 15.4. The van der Waals surface area contributed by atoms with E-state index < -0.39 is 51.3 Å². The van der Waals surface area contributed by atoms with Crippen LogP contribution in [0.2, 0.25) is 0 Å². The Kier molecular flexibility index (Phi) is 13.2. The second kappa shape index (κ2) is 17.7. The van der Waals surface area contributed by atoms with Gasteiger partial charge in [0.25, 0.3) is 9.48 Å². The van der Waals surface area contributed by atoms with Gasteiger partial charge in [-0.2, -0.15) is 0 Å². The molecule has 0 bridgehead atoms. The van der Waals surface area contributed by atoms with Crippen molar-refractivity contribution in [3.05, 3.63) is 148 Å². The van der Waals surface area contributed by atoms with Crippen LogP contribution >= 0.6 is 34.8 Å². The van der Waals surface area contributed by atoms with E-state index in [0.29, 0.717) is 0 Å². The van der Waals surface area contributed by atoms with Crippen molar-refractivity contribution in [2.24, 2.45) is 0 Å². The number of non-ortho nitro benzene ring substituents is 1. The zero-order valence-corrected chi connectivity index (χ0v) is 28.7. The molecule has 0 radical (unpaired) electrons. The van der Waals surface area contributed by atoms with Crippen molar-refractivity contribution in [2.75, 3.05) is 6.61 Å². The van der Waals surface area contributed by atoms with Gasteiger partial charge in [-0.05, 0) is 28.8 Å². The van der Waals surface area contributed by atoms with Crippen LogP contribution in [-0.2, 0) is 48.2 Å². The number of alkyl halides is 3. The van der Waals surface area contributed by atoms with E-state index in [1.54, 1.807) is 0 Å². The number of hydrogen-bond acceptors (Lipinski definition) is 10. The van der Waals surface area contributed by atoms with E-state index in [9.17, 15) is 14.9 Å². The molecule has 4 aromatic rings. The molecule has 1 heterocycles.